The molecule has 1 aliphatic rings. The third-order valence-electron chi connectivity index (χ3n) is 3.65. The molecule has 0 N–H and O–H groups in total. The number of rotatable bonds is 0. The smallest absolute Gasteiger partial charge is 0.137 e. The number of nitrogens with zero attached hydrogens (tertiary/aromatic N) is 2. The number of hydrogen-bond acceptors (Lipinski definition) is 1. The van der Waals surface area contributed by atoms with Gasteiger partial charge in [0.25, 0.3) is 0 Å². The summed E-state index contributed by atoms with van der Waals surface area (Å²) in [6.45, 7) is 6.82. The van der Waals surface area contributed by atoms with Crippen LogP contribution in [-0.4, -0.2) is 9.38 Å². The third kappa shape index (κ3) is 1.44. The van der Waals surface area contributed by atoms with E-state index in [2.05, 4.69) is 43.5 Å². The molecule has 2 aromatic heterocycles. The summed E-state index contributed by atoms with van der Waals surface area (Å²) in [4.78, 5) is 4.74. The summed E-state index contributed by atoms with van der Waals surface area (Å²) in [5, 5.41) is 0. The van der Waals surface area contributed by atoms with E-state index in [1.807, 2.05) is 0 Å². The predicted molar refractivity (Wildman–Crippen MR) is 65.7 cm³/mol. The largest absolute Gasteiger partial charge is 0.304 e. The molecule has 0 aliphatic heterocycles. The topological polar surface area (TPSA) is 17.3 Å². The van der Waals surface area contributed by atoms with Gasteiger partial charge in [0.15, 0.2) is 0 Å². The molecule has 0 bridgehead atoms. The van der Waals surface area contributed by atoms with Crippen molar-refractivity contribution in [3.05, 3.63) is 35.3 Å². The highest BCUT2D eigenvalue weighted by Gasteiger charge is 2.28. The molecule has 2 heteroatoms. The van der Waals surface area contributed by atoms with Crippen LogP contribution in [0.1, 0.15) is 37.2 Å². The summed E-state index contributed by atoms with van der Waals surface area (Å²) >= 11 is 0. The second kappa shape index (κ2) is 3.09. The van der Waals surface area contributed by atoms with E-state index in [9.17, 15) is 0 Å². The Bertz CT molecular complexity index is 549. The maximum atomic E-state index is 4.74. The molecule has 16 heavy (non-hydrogen) atoms. The first-order valence-corrected chi connectivity index (χ1v) is 6.02. The van der Waals surface area contributed by atoms with Crippen molar-refractivity contribution in [3.63, 3.8) is 0 Å². The van der Waals surface area contributed by atoms with Gasteiger partial charge >= 0.3 is 0 Å². The van der Waals surface area contributed by atoms with Crippen LogP contribution in [0.5, 0.6) is 0 Å². The lowest BCUT2D eigenvalue weighted by molar-refractivity contribution is 0.309. The Kier molecular flexibility index (Phi) is 1.91. The molecule has 2 heterocycles. The first kappa shape index (κ1) is 9.88. The molecule has 0 radical (unpaired) electrons. The van der Waals surface area contributed by atoms with Gasteiger partial charge in [0.2, 0.25) is 0 Å². The zero-order valence-electron chi connectivity index (χ0n) is 10.2. The molecular formula is C14H18N2. The normalized spacial score (nSPS) is 18.7. The van der Waals surface area contributed by atoms with Crippen LogP contribution in [-0.2, 0) is 12.8 Å². The van der Waals surface area contributed by atoms with Crippen LogP contribution in [0.15, 0.2) is 18.3 Å². The van der Waals surface area contributed by atoms with Crippen LogP contribution < -0.4 is 0 Å². The van der Waals surface area contributed by atoms with Crippen molar-refractivity contribution in [2.24, 2.45) is 5.41 Å². The summed E-state index contributed by atoms with van der Waals surface area (Å²) < 4.78 is 2.27. The van der Waals surface area contributed by atoms with Gasteiger partial charge in [-0.05, 0) is 49.3 Å². The van der Waals surface area contributed by atoms with E-state index >= 15 is 0 Å². The summed E-state index contributed by atoms with van der Waals surface area (Å²) in [5.74, 6) is 0. The molecule has 2 aromatic rings. The van der Waals surface area contributed by atoms with Gasteiger partial charge in [0, 0.05) is 11.9 Å². The fourth-order valence-electron chi connectivity index (χ4n) is 2.63. The minimum atomic E-state index is 0.424. The van der Waals surface area contributed by atoms with Gasteiger partial charge < -0.3 is 4.40 Å². The fraction of sp³-hybridized carbons (Fsp3) is 0.500. The first-order chi connectivity index (χ1) is 7.55. The fourth-order valence-corrected chi connectivity index (χ4v) is 2.63. The van der Waals surface area contributed by atoms with E-state index in [0.717, 1.165) is 18.5 Å². The van der Waals surface area contributed by atoms with Crippen molar-refractivity contribution in [2.45, 2.75) is 40.0 Å². The van der Waals surface area contributed by atoms with Crippen LogP contribution >= 0.6 is 0 Å². The average molecular weight is 214 g/mol. The van der Waals surface area contributed by atoms with Crippen molar-refractivity contribution >= 4 is 5.65 Å². The maximum absolute atomic E-state index is 4.74. The molecular weight excluding hydrogens is 196 g/mol. The highest BCUT2D eigenvalue weighted by Crippen LogP contribution is 2.34. The Hall–Kier alpha value is -1.31. The van der Waals surface area contributed by atoms with Crippen molar-refractivity contribution in [1.29, 1.82) is 0 Å². The predicted octanol–water partition coefficient (Wildman–Crippen LogP) is 3.16. The Balaban J connectivity index is 2.22. The van der Waals surface area contributed by atoms with Gasteiger partial charge in [0.05, 0.1) is 5.69 Å². The summed E-state index contributed by atoms with van der Waals surface area (Å²) in [5.41, 5.74) is 5.56. The SMILES string of the molecule is Cc1ccn2c3c(nc2c1)CCC(C)(C)C3. The molecule has 1 aliphatic carbocycles. The zero-order valence-corrected chi connectivity index (χ0v) is 10.2. The van der Waals surface area contributed by atoms with Crippen LogP contribution in [0.25, 0.3) is 5.65 Å². The van der Waals surface area contributed by atoms with E-state index in [1.165, 1.54) is 23.4 Å². The lowest BCUT2D eigenvalue weighted by Gasteiger charge is -2.28. The van der Waals surface area contributed by atoms with Crippen LogP contribution in [0, 0.1) is 12.3 Å². The van der Waals surface area contributed by atoms with Gasteiger partial charge in [-0.1, -0.05) is 13.8 Å². The summed E-state index contributed by atoms with van der Waals surface area (Å²) in [6.07, 6.45) is 5.69. The third-order valence-corrected chi connectivity index (χ3v) is 3.65. The number of aryl methyl sites for hydroxylation is 2. The molecule has 0 atom stereocenters. The van der Waals surface area contributed by atoms with Gasteiger partial charge in [0.1, 0.15) is 5.65 Å². The van der Waals surface area contributed by atoms with E-state index in [4.69, 9.17) is 4.98 Å². The Morgan fingerprint density at radius 3 is 3.00 bits per heavy atom. The second-order valence-electron chi connectivity index (χ2n) is 5.78. The van der Waals surface area contributed by atoms with Gasteiger partial charge in [-0.25, -0.2) is 4.98 Å². The quantitative estimate of drug-likeness (QED) is 0.658. The molecule has 0 fully saturated rings. The molecule has 0 spiro atoms. The minimum absolute atomic E-state index is 0.424. The number of imidazole rings is 1. The molecule has 0 unspecified atom stereocenters. The Morgan fingerprint density at radius 2 is 2.19 bits per heavy atom. The van der Waals surface area contributed by atoms with Crippen molar-refractivity contribution in [1.82, 2.24) is 9.38 Å². The number of hydrogen-bond donors (Lipinski definition) is 0. The zero-order chi connectivity index (χ0) is 11.3. The van der Waals surface area contributed by atoms with E-state index in [1.54, 1.807) is 0 Å². The molecule has 0 amide bonds. The molecule has 0 saturated carbocycles. The molecule has 2 nitrogen and oxygen atoms in total. The van der Waals surface area contributed by atoms with Crippen molar-refractivity contribution in [2.75, 3.05) is 0 Å². The van der Waals surface area contributed by atoms with Crippen LogP contribution in [0.3, 0.4) is 0 Å². The van der Waals surface area contributed by atoms with Crippen LogP contribution in [0.4, 0.5) is 0 Å². The standard InChI is InChI=1S/C14H18N2/c1-10-5-7-16-12-9-14(2,3)6-4-11(12)15-13(16)8-10/h5,7-8H,4,6,9H2,1-3H3. The van der Waals surface area contributed by atoms with E-state index < -0.39 is 0 Å². The number of fused-ring (bicyclic) bond motifs is 3. The minimum Gasteiger partial charge on any atom is -0.304 e. The summed E-state index contributed by atoms with van der Waals surface area (Å²) in [6, 6.07) is 4.34. The van der Waals surface area contributed by atoms with Gasteiger partial charge in [-0.15, -0.1) is 0 Å². The second-order valence-corrected chi connectivity index (χ2v) is 5.78. The van der Waals surface area contributed by atoms with Gasteiger partial charge in [-0.3, -0.25) is 0 Å². The molecule has 84 valence electrons. The highest BCUT2D eigenvalue weighted by atomic mass is 15.0. The lowest BCUT2D eigenvalue weighted by atomic mass is 9.78. The number of pyridine rings is 1. The van der Waals surface area contributed by atoms with E-state index in [-0.39, 0.29) is 0 Å². The molecule has 0 saturated heterocycles. The monoisotopic (exact) mass is 214 g/mol. The maximum Gasteiger partial charge on any atom is 0.137 e. The molecule has 0 aromatic carbocycles. The summed E-state index contributed by atoms with van der Waals surface area (Å²) in [7, 11) is 0. The Labute approximate surface area is 96.3 Å². The average Bonchev–Trinajstić information content (AvgIpc) is 2.53. The van der Waals surface area contributed by atoms with E-state index in [0.29, 0.717) is 5.41 Å². The van der Waals surface area contributed by atoms with Crippen molar-refractivity contribution < 1.29 is 0 Å². The lowest BCUT2D eigenvalue weighted by Crippen LogP contribution is -2.22. The highest BCUT2D eigenvalue weighted by molar-refractivity contribution is 5.46. The Morgan fingerprint density at radius 1 is 1.38 bits per heavy atom. The van der Waals surface area contributed by atoms with Crippen molar-refractivity contribution in [3.8, 4) is 0 Å². The van der Waals surface area contributed by atoms with Crippen LogP contribution in [0.2, 0.25) is 0 Å². The number of aromatic nitrogens is 2. The van der Waals surface area contributed by atoms with Gasteiger partial charge in [-0.2, -0.15) is 0 Å². The first-order valence-electron chi connectivity index (χ1n) is 6.02. The molecule has 3 rings (SSSR count).